The Labute approximate surface area is 78.5 Å². The quantitative estimate of drug-likeness (QED) is 0.627. The lowest BCUT2D eigenvalue weighted by atomic mass is 9.88. The van der Waals surface area contributed by atoms with Crippen molar-refractivity contribution in [2.75, 3.05) is 0 Å². The Kier molecular flexibility index (Phi) is 4.27. The third-order valence-corrected chi connectivity index (χ3v) is 2.12. The van der Waals surface area contributed by atoms with E-state index < -0.39 is 12.1 Å². The van der Waals surface area contributed by atoms with Gasteiger partial charge in [-0.25, -0.2) is 0 Å². The number of halogens is 3. The van der Waals surface area contributed by atoms with Gasteiger partial charge in [0.2, 0.25) is 0 Å². The summed E-state index contributed by atoms with van der Waals surface area (Å²) >= 11 is 0. The smallest absolute Gasteiger partial charge is 0.171 e. The molecule has 0 aliphatic carbocycles. The van der Waals surface area contributed by atoms with Crippen molar-refractivity contribution in [2.24, 2.45) is 11.3 Å². The number of rotatable bonds is 3. The lowest BCUT2D eigenvalue weighted by molar-refractivity contribution is -0.171. The largest absolute Gasteiger partial charge is 0.391 e. The van der Waals surface area contributed by atoms with Crippen molar-refractivity contribution < 1.29 is 13.2 Å². The van der Waals surface area contributed by atoms with Crippen molar-refractivity contribution in [3.05, 3.63) is 0 Å². The summed E-state index contributed by atoms with van der Waals surface area (Å²) in [4.78, 5) is 0. The van der Waals surface area contributed by atoms with Crippen LogP contribution in [-0.2, 0) is 0 Å². The maximum atomic E-state index is 12.1. The molecule has 3 heteroatoms. The van der Waals surface area contributed by atoms with Crippen molar-refractivity contribution in [3.63, 3.8) is 0 Å². The predicted molar refractivity (Wildman–Crippen MR) is 48.5 cm³/mol. The Bertz CT molecular complexity index is 141. The fourth-order valence-electron chi connectivity index (χ4n) is 1.10. The molecular weight excluding hydrogens is 177 g/mol. The molecule has 0 amide bonds. The van der Waals surface area contributed by atoms with Gasteiger partial charge in [0.1, 0.15) is 0 Å². The van der Waals surface area contributed by atoms with E-state index in [1.165, 1.54) is 6.92 Å². The normalized spacial score (nSPS) is 15.9. The highest BCUT2D eigenvalue weighted by atomic mass is 19.4. The zero-order chi connectivity index (χ0) is 10.7. The highest BCUT2D eigenvalue weighted by Crippen LogP contribution is 2.31. The van der Waals surface area contributed by atoms with Crippen molar-refractivity contribution in [3.8, 4) is 0 Å². The molecule has 0 aromatic carbocycles. The summed E-state index contributed by atoms with van der Waals surface area (Å²) in [5, 5.41) is 0. The van der Waals surface area contributed by atoms with E-state index in [4.69, 9.17) is 0 Å². The molecule has 0 saturated heterocycles. The summed E-state index contributed by atoms with van der Waals surface area (Å²) in [6.45, 7) is 7.39. The monoisotopic (exact) mass is 196 g/mol. The first-order chi connectivity index (χ1) is 5.63. The van der Waals surface area contributed by atoms with Crippen LogP contribution in [0.4, 0.5) is 13.2 Å². The van der Waals surface area contributed by atoms with Crippen LogP contribution in [0.1, 0.15) is 47.0 Å². The lowest BCUT2D eigenvalue weighted by Gasteiger charge is -2.20. The molecule has 0 aromatic heterocycles. The number of hydrogen-bond donors (Lipinski definition) is 0. The molecule has 0 spiro atoms. The van der Waals surface area contributed by atoms with Gasteiger partial charge < -0.3 is 0 Å². The molecule has 1 atom stereocenters. The van der Waals surface area contributed by atoms with Crippen LogP contribution in [-0.4, -0.2) is 6.18 Å². The molecule has 0 bridgehead atoms. The summed E-state index contributed by atoms with van der Waals surface area (Å²) in [6.07, 6.45) is -2.25. The Balaban J connectivity index is 3.67. The van der Waals surface area contributed by atoms with E-state index >= 15 is 0 Å². The molecule has 0 N–H and O–H groups in total. The number of hydrogen-bond acceptors (Lipinski definition) is 0. The molecule has 0 aliphatic rings. The van der Waals surface area contributed by atoms with Gasteiger partial charge in [-0.05, 0) is 18.3 Å². The van der Waals surface area contributed by atoms with Crippen LogP contribution >= 0.6 is 0 Å². The van der Waals surface area contributed by atoms with E-state index in [0.717, 1.165) is 6.42 Å². The minimum atomic E-state index is -4.02. The van der Waals surface area contributed by atoms with Crippen LogP contribution < -0.4 is 0 Å². The van der Waals surface area contributed by atoms with E-state index in [-0.39, 0.29) is 11.8 Å². The van der Waals surface area contributed by atoms with Crippen LogP contribution in [0.3, 0.4) is 0 Å². The average Bonchev–Trinajstić information content (AvgIpc) is 1.82. The van der Waals surface area contributed by atoms with Gasteiger partial charge in [0.05, 0.1) is 5.92 Å². The third kappa shape index (κ3) is 6.91. The van der Waals surface area contributed by atoms with Crippen LogP contribution in [0.25, 0.3) is 0 Å². The Morgan fingerprint density at radius 2 is 1.54 bits per heavy atom. The van der Waals surface area contributed by atoms with Gasteiger partial charge in [-0.2, -0.15) is 13.2 Å². The van der Waals surface area contributed by atoms with Crippen molar-refractivity contribution in [1.82, 2.24) is 0 Å². The van der Waals surface area contributed by atoms with Gasteiger partial charge in [0.15, 0.2) is 0 Å². The van der Waals surface area contributed by atoms with E-state index in [1.807, 2.05) is 20.8 Å². The minimum Gasteiger partial charge on any atom is -0.171 e. The topological polar surface area (TPSA) is 0 Å². The zero-order valence-electron chi connectivity index (χ0n) is 8.83. The first-order valence-corrected chi connectivity index (χ1v) is 4.69. The molecule has 13 heavy (non-hydrogen) atoms. The molecule has 0 radical (unpaired) electrons. The lowest BCUT2D eigenvalue weighted by Crippen LogP contribution is -2.20. The van der Waals surface area contributed by atoms with Crippen molar-refractivity contribution in [2.45, 2.75) is 53.1 Å². The summed E-state index contributed by atoms with van der Waals surface area (Å²) in [7, 11) is 0. The average molecular weight is 196 g/mol. The van der Waals surface area contributed by atoms with Crippen LogP contribution in [0.15, 0.2) is 0 Å². The molecule has 0 heterocycles. The summed E-state index contributed by atoms with van der Waals surface area (Å²) in [6, 6.07) is 0. The second kappa shape index (κ2) is 4.34. The Hall–Kier alpha value is -0.210. The molecule has 0 rings (SSSR count). The second-order valence-electron chi connectivity index (χ2n) is 4.90. The maximum absolute atomic E-state index is 12.1. The first-order valence-electron chi connectivity index (χ1n) is 4.69. The summed E-state index contributed by atoms with van der Waals surface area (Å²) in [5.74, 6) is -1.16. The Morgan fingerprint density at radius 3 is 1.85 bits per heavy atom. The highest BCUT2D eigenvalue weighted by Gasteiger charge is 2.35. The predicted octanol–water partition coefficient (Wildman–Crippen LogP) is 4.40. The van der Waals surface area contributed by atoms with Gasteiger partial charge in [-0.15, -0.1) is 0 Å². The van der Waals surface area contributed by atoms with E-state index in [9.17, 15) is 13.2 Å². The van der Waals surface area contributed by atoms with Gasteiger partial charge in [0, 0.05) is 0 Å². The van der Waals surface area contributed by atoms with E-state index in [1.54, 1.807) is 0 Å². The van der Waals surface area contributed by atoms with Crippen molar-refractivity contribution >= 4 is 0 Å². The van der Waals surface area contributed by atoms with Crippen LogP contribution in [0, 0.1) is 11.3 Å². The molecular formula is C10H19F3. The van der Waals surface area contributed by atoms with E-state index in [0.29, 0.717) is 6.42 Å². The van der Waals surface area contributed by atoms with Crippen molar-refractivity contribution in [1.29, 1.82) is 0 Å². The molecule has 1 unspecified atom stereocenters. The van der Waals surface area contributed by atoms with Crippen LogP contribution in [0.2, 0.25) is 0 Å². The fourth-order valence-corrected chi connectivity index (χ4v) is 1.10. The third-order valence-electron chi connectivity index (χ3n) is 2.12. The zero-order valence-corrected chi connectivity index (χ0v) is 8.83. The Morgan fingerprint density at radius 1 is 1.08 bits per heavy atom. The minimum absolute atomic E-state index is 0.144. The standard InChI is InChI=1S/C10H19F3/c1-8(10(11,12)13)6-5-7-9(2,3)4/h8H,5-7H2,1-4H3. The molecule has 0 fully saturated rings. The summed E-state index contributed by atoms with van der Waals surface area (Å²) in [5.41, 5.74) is 0.144. The SMILES string of the molecule is CC(CCCC(C)(C)C)C(F)(F)F. The maximum Gasteiger partial charge on any atom is 0.391 e. The van der Waals surface area contributed by atoms with Gasteiger partial charge in [-0.1, -0.05) is 34.1 Å². The van der Waals surface area contributed by atoms with E-state index in [2.05, 4.69) is 0 Å². The van der Waals surface area contributed by atoms with Crippen LogP contribution in [0.5, 0.6) is 0 Å². The second-order valence-corrected chi connectivity index (χ2v) is 4.90. The molecule has 0 aromatic rings. The van der Waals surface area contributed by atoms with Gasteiger partial charge in [0.25, 0.3) is 0 Å². The molecule has 0 aliphatic heterocycles. The highest BCUT2D eigenvalue weighted by molar-refractivity contribution is 4.66. The first kappa shape index (κ1) is 12.8. The summed E-state index contributed by atoms with van der Waals surface area (Å²) < 4.78 is 36.2. The molecule has 0 saturated carbocycles. The van der Waals surface area contributed by atoms with Gasteiger partial charge in [-0.3, -0.25) is 0 Å². The molecule has 0 nitrogen and oxygen atoms in total. The number of alkyl halides is 3. The molecule has 80 valence electrons. The fraction of sp³-hybridized carbons (Fsp3) is 1.00. The van der Waals surface area contributed by atoms with Gasteiger partial charge >= 0.3 is 6.18 Å².